The number of ether oxygens (including phenoxy) is 2. The number of nitrogens with zero attached hydrogens (tertiary/aromatic N) is 1. The second kappa shape index (κ2) is 7.28. The molecular formula is C24H22BrNO5. The number of benzene rings is 2. The lowest BCUT2D eigenvalue weighted by atomic mass is 9.82. The molecule has 2 aromatic carbocycles. The zero-order valence-electron chi connectivity index (χ0n) is 17.1. The summed E-state index contributed by atoms with van der Waals surface area (Å²) in [5, 5.41) is 0. The molecule has 2 heterocycles. The summed E-state index contributed by atoms with van der Waals surface area (Å²) in [7, 11) is 0. The van der Waals surface area contributed by atoms with Gasteiger partial charge in [-0.2, -0.15) is 0 Å². The summed E-state index contributed by atoms with van der Waals surface area (Å²) in [6.45, 7) is 3.49. The molecule has 0 spiro atoms. The highest BCUT2D eigenvalue weighted by molar-refractivity contribution is 9.10. The zero-order chi connectivity index (χ0) is 21.8. The molecule has 1 saturated carbocycles. The lowest BCUT2D eigenvalue weighted by Gasteiger charge is -2.32. The third-order valence-corrected chi connectivity index (χ3v) is 7.48. The van der Waals surface area contributed by atoms with Crippen LogP contribution in [0.1, 0.15) is 35.2 Å². The molecule has 31 heavy (non-hydrogen) atoms. The predicted octanol–water partition coefficient (Wildman–Crippen LogP) is 3.59. The van der Waals surface area contributed by atoms with Gasteiger partial charge in [0.1, 0.15) is 5.75 Å². The van der Waals surface area contributed by atoms with Gasteiger partial charge >= 0.3 is 5.97 Å². The van der Waals surface area contributed by atoms with Gasteiger partial charge in [-0.3, -0.25) is 14.4 Å². The molecule has 2 aromatic rings. The average Bonchev–Trinajstić information content (AvgIpc) is 3.46. The number of esters is 1. The van der Waals surface area contributed by atoms with Crippen LogP contribution in [0.3, 0.4) is 0 Å². The molecule has 0 N–H and O–H groups in total. The van der Waals surface area contributed by atoms with Crippen molar-refractivity contribution in [2.75, 3.05) is 26.3 Å². The third-order valence-electron chi connectivity index (χ3n) is 6.99. The predicted molar refractivity (Wildman–Crippen MR) is 116 cm³/mol. The van der Waals surface area contributed by atoms with E-state index < -0.39 is 22.7 Å². The van der Waals surface area contributed by atoms with Crippen molar-refractivity contribution in [3.8, 4) is 5.75 Å². The van der Waals surface area contributed by atoms with E-state index in [-0.39, 0.29) is 11.7 Å². The number of carbonyl (C=O) groups is 3. The van der Waals surface area contributed by atoms with Gasteiger partial charge < -0.3 is 14.4 Å². The number of fused-ring (bicyclic) bond motifs is 3. The van der Waals surface area contributed by atoms with E-state index in [1.807, 2.05) is 19.1 Å². The van der Waals surface area contributed by atoms with Crippen LogP contribution in [0.15, 0.2) is 53.0 Å². The van der Waals surface area contributed by atoms with Gasteiger partial charge in [0.2, 0.25) is 5.91 Å². The summed E-state index contributed by atoms with van der Waals surface area (Å²) in [4.78, 5) is 43.1. The van der Waals surface area contributed by atoms with Crippen LogP contribution in [0, 0.1) is 10.8 Å². The fourth-order valence-electron chi connectivity index (χ4n) is 5.57. The highest BCUT2D eigenvalue weighted by Gasteiger charge is 2.89. The topological polar surface area (TPSA) is 72.9 Å². The lowest BCUT2D eigenvalue weighted by Crippen LogP contribution is -2.51. The fraction of sp³-hybridized carbons (Fsp3) is 0.375. The van der Waals surface area contributed by atoms with Gasteiger partial charge in [0.15, 0.2) is 11.2 Å². The molecule has 6 nitrogen and oxygen atoms in total. The van der Waals surface area contributed by atoms with Crippen LogP contribution in [0.5, 0.6) is 5.75 Å². The maximum absolute atomic E-state index is 13.9. The second-order valence-electron chi connectivity index (χ2n) is 8.24. The summed E-state index contributed by atoms with van der Waals surface area (Å²) in [6.07, 6.45) is 0.350. The first-order valence-electron chi connectivity index (χ1n) is 10.5. The normalized spacial score (nSPS) is 28.9. The van der Waals surface area contributed by atoms with E-state index >= 15 is 0 Å². The minimum Gasteiger partial charge on any atom is -0.425 e. The van der Waals surface area contributed by atoms with E-state index in [2.05, 4.69) is 15.9 Å². The smallest absolute Gasteiger partial charge is 0.328 e. The first-order chi connectivity index (χ1) is 15.0. The summed E-state index contributed by atoms with van der Waals surface area (Å²) in [6, 6.07) is 14.3. The van der Waals surface area contributed by atoms with Crippen molar-refractivity contribution in [2.45, 2.75) is 19.3 Å². The van der Waals surface area contributed by atoms with Crippen molar-refractivity contribution < 1.29 is 23.9 Å². The van der Waals surface area contributed by atoms with Crippen LogP contribution >= 0.6 is 15.9 Å². The van der Waals surface area contributed by atoms with E-state index in [1.54, 1.807) is 41.3 Å². The molecule has 0 radical (unpaired) electrons. The molecule has 1 aliphatic carbocycles. The summed E-state index contributed by atoms with van der Waals surface area (Å²) in [5.41, 5.74) is -1.52. The Bertz CT molecular complexity index is 1080. The maximum atomic E-state index is 13.9. The van der Waals surface area contributed by atoms with Gasteiger partial charge in [0.05, 0.1) is 18.6 Å². The molecule has 1 amide bonds. The first-order valence-corrected chi connectivity index (χ1v) is 11.3. The number of halogens is 1. The van der Waals surface area contributed by atoms with Crippen molar-refractivity contribution in [3.63, 3.8) is 0 Å². The highest BCUT2D eigenvalue weighted by atomic mass is 79.9. The summed E-state index contributed by atoms with van der Waals surface area (Å²) < 4.78 is 11.9. The first kappa shape index (κ1) is 20.4. The van der Waals surface area contributed by atoms with Gasteiger partial charge in [0, 0.05) is 34.6 Å². The molecule has 0 bridgehead atoms. The molecule has 0 aromatic heterocycles. The molecule has 2 fully saturated rings. The number of hydrogen-bond acceptors (Lipinski definition) is 5. The molecule has 160 valence electrons. The van der Waals surface area contributed by atoms with Crippen molar-refractivity contribution in [1.82, 2.24) is 4.90 Å². The molecule has 3 aliphatic rings. The van der Waals surface area contributed by atoms with E-state index in [0.29, 0.717) is 44.0 Å². The van der Waals surface area contributed by atoms with E-state index in [4.69, 9.17) is 9.47 Å². The highest BCUT2D eigenvalue weighted by Crippen LogP contribution is 2.80. The molecule has 0 unspecified atom stereocenters. The third kappa shape index (κ3) is 2.62. The Balaban J connectivity index is 1.71. The average molecular weight is 484 g/mol. The maximum Gasteiger partial charge on any atom is 0.328 e. The zero-order valence-corrected chi connectivity index (χ0v) is 18.7. The van der Waals surface area contributed by atoms with Crippen LogP contribution in [-0.4, -0.2) is 48.9 Å². The summed E-state index contributed by atoms with van der Waals surface area (Å²) in [5.74, 6) is -1.30. The van der Waals surface area contributed by atoms with Crippen LogP contribution < -0.4 is 4.74 Å². The van der Waals surface area contributed by atoms with Gasteiger partial charge in [-0.15, -0.1) is 0 Å². The van der Waals surface area contributed by atoms with E-state index in [0.717, 1.165) is 10.0 Å². The Hall–Kier alpha value is -2.51. The molecule has 3 atom stereocenters. The Morgan fingerprint density at radius 3 is 2.52 bits per heavy atom. The van der Waals surface area contributed by atoms with Crippen molar-refractivity contribution >= 4 is 33.6 Å². The van der Waals surface area contributed by atoms with Crippen LogP contribution in [0.4, 0.5) is 0 Å². The monoisotopic (exact) mass is 483 g/mol. The second-order valence-corrected chi connectivity index (χ2v) is 9.15. The van der Waals surface area contributed by atoms with Crippen molar-refractivity contribution in [2.24, 2.45) is 10.8 Å². The largest absolute Gasteiger partial charge is 0.425 e. The van der Waals surface area contributed by atoms with Gasteiger partial charge in [-0.1, -0.05) is 53.2 Å². The van der Waals surface area contributed by atoms with Crippen LogP contribution in [-0.2, 0) is 14.3 Å². The SMILES string of the molecule is CC[C@]1(C(=O)c2ccccc2)[C@H]2c3cc(Br)ccc3OC(=O)[C@@]21C(=O)N1CCOCC1. The quantitative estimate of drug-likeness (QED) is 0.287. The Morgan fingerprint density at radius 2 is 1.84 bits per heavy atom. The number of ketones is 1. The number of carbonyl (C=O) groups excluding carboxylic acids is 3. The fourth-order valence-corrected chi connectivity index (χ4v) is 5.95. The minimum absolute atomic E-state index is 0.188. The van der Waals surface area contributed by atoms with Gasteiger partial charge in [-0.25, -0.2) is 0 Å². The van der Waals surface area contributed by atoms with Crippen LogP contribution in [0.25, 0.3) is 0 Å². The molecule has 7 heteroatoms. The number of morpholine rings is 1. The van der Waals surface area contributed by atoms with Crippen molar-refractivity contribution in [3.05, 3.63) is 64.1 Å². The molecule has 5 rings (SSSR count). The van der Waals surface area contributed by atoms with E-state index in [1.165, 1.54) is 0 Å². The Morgan fingerprint density at radius 1 is 1.13 bits per heavy atom. The molecular weight excluding hydrogens is 462 g/mol. The number of hydrogen-bond donors (Lipinski definition) is 0. The number of rotatable bonds is 4. The Kier molecular flexibility index (Phi) is 4.79. The molecule has 1 saturated heterocycles. The number of Topliss-reactive ketones (excluding diaryl/α,β-unsaturated/α-hetero) is 1. The Labute approximate surface area is 188 Å². The van der Waals surface area contributed by atoms with Crippen LogP contribution in [0.2, 0.25) is 0 Å². The lowest BCUT2D eigenvalue weighted by molar-refractivity contribution is -0.156. The van der Waals surface area contributed by atoms with Crippen molar-refractivity contribution in [1.29, 1.82) is 0 Å². The minimum atomic E-state index is -1.56. The van der Waals surface area contributed by atoms with Gasteiger partial charge in [0.25, 0.3) is 0 Å². The van der Waals surface area contributed by atoms with Gasteiger partial charge in [-0.05, 0) is 24.6 Å². The molecule has 2 aliphatic heterocycles. The van der Waals surface area contributed by atoms with E-state index in [9.17, 15) is 14.4 Å². The standard InChI is InChI=1S/C24H22BrNO5/c1-2-23(20(27)15-6-4-3-5-7-15)19-17-14-16(25)8-9-18(17)31-22(29)24(19,23)21(28)26-10-12-30-13-11-26/h3-9,14,19H,2,10-13H2,1H3/t19-,23-,24+/m1/s1. The number of amides is 1. The summed E-state index contributed by atoms with van der Waals surface area (Å²) >= 11 is 3.49.